The summed E-state index contributed by atoms with van der Waals surface area (Å²) in [6, 6.07) is 7.20. The highest BCUT2D eigenvalue weighted by Crippen LogP contribution is 2.30. The molecule has 20 heavy (non-hydrogen) atoms. The number of likely N-dealkylation sites (tertiary alicyclic amines) is 1. The van der Waals surface area contributed by atoms with Crippen molar-refractivity contribution < 1.29 is 0 Å². The molecule has 1 aromatic rings. The van der Waals surface area contributed by atoms with Crippen molar-refractivity contribution in [1.82, 2.24) is 4.90 Å². The quantitative estimate of drug-likeness (QED) is 0.907. The van der Waals surface area contributed by atoms with Crippen LogP contribution in [0.25, 0.3) is 0 Å². The van der Waals surface area contributed by atoms with Gasteiger partial charge >= 0.3 is 0 Å². The van der Waals surface area contributed by atoms with E-state index in [0.29, 0.717) is 6.04 Å². The molecule has 1 unspecified atom stereocenters. The Bertz CT molecular complexity index is 431. The van der Waals surface area contributed by atoms with E-state index >= 15 is 0 Å². The molecule has 0 radical (unpaired) electrons. The van der Waals surface area contributed by atoms with Crippen molar-refractivity contribution in [3.63, 3.8) is 0 Å². The van der Waals surface area contributed by atoms with Crippen molar-refractivity contribution in [2.45, 2.75) is 46.6 Å². The highest BCUT2D eigenvalue weighted by atomic mass is 15.2. The average molecular weight is 274 g/mol. The maximum atomic E-state index is 6.08. The molecule has 1 aliphatic rings. The summed E-state index contributed by atoms with van der Waals surface area (Å²) >= 11 is 0. The number of nitrogens with two attached hydrogens (primary N) is 1. The normalized spacial score (nSPS) is 19.5. The van der Waals surface area contributed by atoms with Gasteiger partial charge in [0, 0.05) is 12.6 Å². The number of piperidine rings is 1. The van der Waals surface area contributed by atoms with Gasteiger partial charge in [-0.05, 0) is 68.3 Å². The molecule has 1 atom stereocenters. The predicted octanol–water partition coefficient (Wildman–Crippen LogP) is 3.67. The third-order valence-electron chi connectivity index (χ3n) is 5.10. The van der Waals surface area contributed by atoms with E-state index < -0.39 is 0 Å². The first-order valence-corrected chi connectivity index (χ1v) is 8.04. The molecule has 1 heterocycles. The van der Waals surface area contributed by atoms with Gasteiger partial charge in [0.25, 0.3) is 0 Å². The highest BCUT2D eigenvalue weighted by Gasteiger charge is 2.26. The van der Waals surface area contributed by atoms with Gasteiger partial charge in [0.2, 0.25) is 0 Å². The minimum Gasteiger partial charge on any atom is -0.329 e. The van der Waals surface area contributed by atoms with Crippen molar-refractivity contribution in [2.75, 3.05) is 19.6 Å². The van der Waals surface area contributed by atoms with Gasteiger partial charge in [0.05, 0.1) is 0 Å². The van der Waals surface area contributed by atoms with E-state index in [1.54, 1.807) is 0 Å². The molecule has 0 spiro atoms. The Labute approximate surface area is 124 Å². The summed E-state index contributed by atoms with van der Waals surface area (Å²) in [5, 5.41) is 0. The Morgan fingerprint density at radius 1 is 1.15 bits per heavy atom. The van der Waals surface area contributed by atoms with Gasteiger partial charge in [-0.1, -0.05) is 32.0 Å². The first-order valence-electron chi connectivity index (χ1n) is 8.04. The Morgan fingerprint density at radius 3 is 2.30 bits per heavy atom. The van der Waals surface area contributed by atoms with E-state index in [1.165, 1.54) is 42.6 Å². The summed E-state index contributed by atoms with van der Waals surface area (Å²) in [5.74, 6) is 1.71. The van der Waals surface area contributed by atoms with E-state index in [4.69, 9.17) is 5.73 Å². The summed E-state index contributed by atoms with van der Waals surface area (Å²) in [4.78, 5) is 2.59. The SMILES string of the molecule is Cc1ccc(C(CN)N2CCC(C(C)C)CC2)cc1C. The van der Waals surface area contributed by atoms with Crippen LogP contribution in [0.15, 0.2) is 18.2 Å². The van der Waals surface area contributed by atoms with E-state index in [2.05, 4.69) is 50.8 Å². The monoisotopic (exact) mass is 274 g/mol. The minimum absolute atomic E-state index is 0.391. The van der Waals surface area contributed by atoms with E-state index in [-0.39, 0.29) is 0 Å². The first kappa shape index (κ1) is 15.5. The highest BCUT2D eigenvalue weighted by molar-refractivity contribution is 5.32. The maximum absolute atomic E-state index is 6.08. The Kier molecular flexibility index (Phi) is 5.22. The third kappa shape index (κ3) is 3.42. The molecule has 0 amide bonds. The molecule has 0 aromatic heterocycles. The number of aryl methyl sites for hydroxylation is 2. The topological polar surface area (TPSA) is 29.3 Å². The number of benzene rings is 1. The van der Waals surface area contributed by atoms with Crippen LogP contribution in [0.5, 0.6) is 0 Å². The Morgan fingerprint density at radius 2 is 1.80 bits per heavy atom. The van der Waals surface area contributed by atoms with Crippen LogP contribution in [0.1, 0.15) is 49.4 Å². The Hall–Kier alpha value is -0.860. The van der Waals surface area contributed by atoms with Crippen LogP contribution in [0, 0.1) is 25.7 Å². The molecule has 1 aromatic carbocycles. The molecule has 2 N–H and O–H groups in total. The molecular formula is C18H30N2. The van der Waals surface area contributed by atoms with Gasteiger partial charge in [0.15, 0.2) is 0 Å². The molecule has 112 valence electrons. The molecule has 2 heteroatoms. The van der Waals surface area contributed by atoms with Gasteiger partial charge in [-0.2, -0.15) is 0 Å². The second-order valence-electron chi connectivity index (χ2n) is 6.71. The van der Waals surface area contributed by atoms with E-state index in [1.807, 2.05) is 0 Å². The fourth-order valence-corrected chi connectivity index (χ4v) is 3.37. The van der Waals surface area contributed by atoms with Gasteiger partial charge < -0.3 is 5.73 Å². The molecule has 1 saturated heterocycles. The summed E-state index contributed by atoms with van der Waals surface area (Å²) in [6.45, 7) is 12.2. The van der Waals surface area contributed by atoms with Crippen LogP contribution in [-0.4, -0.2) is 24.5 Å². The van der Waals surface area contributed by atoms with Gasteiger partial charge in [-0.15, -0.1) is 0 Å². The lowest BCUT2D eigenvalue weighted by Gasteiger charge is -2.38. The number of hydrogen-bond donors (Lipinski definition) is 1. The fraction of sp³-hybridized carbons (Fsp3) is 0.667. The molecule has 1 fully saturated rings. The lowest BCUT2D eigenvalue weighted by Crippen LogP contribution is -2.40. The standard InChI is InChI=1S/C18H30N2/c1-13(2)16-7-9-20(10-8-16)18(12-19)17-6-5-14(3)15(4)11-17/h5-6,11,13,16,18H,7-10,12,19H2,1-4H3. The summed E-state index contributed by atoms with van der Waals surface area (Å²) in [6.07, 6.45) is 2.64. The molecular weight excluding hydrogens is 244 g/mol. The second kappa shape index (κ2) is 6.73. The zero-order valence-electron chi connectivity index (χ0n) is 13.5. The summed E-state index contributed by atoms with van der Waals surface area (Å²) < 4.78 is 0. The van der Waals surface area contributed by atoms with Crippen LogP contribution in [0.2, 0.25) is 0 Å². The molecule has 2 nitrogen and oxygen atoms in total. The second-order valence-corrected chi connectivity index (χ2v) is 6.71. The number of rotatable bonds is 4. The van der Waals surface area contributed by atoms with Gasteiger partial charge in [0.1, 0.15) is 0 Å². The van der Waals surface area contributed by atoms with Gasteiger partial charge in [-0.3, -0.25) is 4.90 Å². The summed E-state index contributed by atoms with van der Waals surface area (Å²) in [5.41, 5.74) is 10.2. The van der Waals surface area contributed by atoms with Crippen LogP contribution >= 0.6 is 0 Å². The van der Waals surface area contributed by atoms with Crippen LogP contribution in [-0.2, 0) is 0 Å². The number of hydrogen-bond acceptors (Lipinski definition) is 2. The van der Waals surface area contributed by atoms with Crippen molar-refractivity contribution in [1.29, 1.82) is 0 Å². The average Bonchev–Trinajstić information content (AvgIpc) is 2.44. The molecule has 0 saturated carbocycles. The third-order valence-corrected chi connectivity index (χ3v) is 5.10. The number of nitrogens with zero attached hydrogens (tertiary/aromatic N) is 1. The first-order chi connectivity index (χ1) is 9.52. The van der Waals surface area contributed by atoms with Crippen LogP contribution in [0.4, 0.5) is 0 Å². The Balaban J connectivity index is 2.07. The smallest absolute Gasteiger partial charge is 0.0470 e. The summed E-state index contributed by atoms with van der Waals surface area (Å²) in [7, 11) is 0. The predicted molar refractivity (Wildman–Crippen MR) is 86.8 cm³/mol. The molecule has 1 aliphatic heterocycles. The molecule has 0 aliphatic carbocycles. The van der Waals surface area contributed by atoms with E-state index in [0.717, 1.165) is 18.4 Å². The minimum atomic E-state index is 0.391. The van der Waals surface area contributed by atoms with Gasteiger partial charge in [-0.25, -0.2) is 0 Å². The van der Waals surface area contributed by atoms with Crippen molar-refractivity contribution >= 4 is 0 Å². The van der Waals surface area contributed by atoms with Crippen molar-refractivity contribution in [2.24, 2.45) is 17.6 Å². The zero-order valence-corrected chi connectivity index (χ0v) is 13.5. The van der Waals surface area contributed by atoms with Crippen molar-refractivity contribution in [3.05, 3.63) is 34.9 Å². The zero-order chi connectivity index (χ0) is 14.7. The van der Waals surface area contributed by atoms with Crippen LogP contribution < -0.4 is 5.73 Å². The van der Waals surface area contributed by atoms with Crippen molar-refractivity contribution in [3.8, 4) is 0 Å². The molecule has 2 rings (SSSR count). The van der Waals surface area contributed by atoms with Crippen LogP contribution in [0.3, 0.4) is 0 Å². The fourth-order valence-electron chi connectivity index (χ4n) is 3.37. The molecule has 0 bridgehead atoms. The maximum Gasteiger partial charge on any atom is 0.0470 e. The lowest BCUT2D eigenvalue weighted by atomic mass is 9.85. The van der Waals surface area contributed by atoms with E-state index in [9.17, 15) is 0 Å². The lowest BCUT2D eigenvalue weighted by molar-refractivity contribution is 0.117. The largest absolute Gasteiger partial charge is 0.329 e.